The van der Waals surface area contributed by atoms with Crippen molar-refractivity contribution in [1.82, 2.24) is 10.2 Å². The van der Waals surface area contributed by atoms with Crippen molar-refractivity contribution in [2.75, 3.05) is 25.1 Å². The number of hydrogen-bond donors (Lipinski definition) is 1. The summed E-state index contributed by atoms with van der Waals surface area (Å²) in [4.78, 5) is 30.7. The van der Waals surface area contributed by atoms with E-state index in [2.05, 4.69) is 5.32 Å². The van der Waals surface area contributed by atoms with Gasteiger partial charge in [0.2, 0.25) is 11.8 Å². The molecule has 0 heterocycles. The molecule has 4 aromatic rings. The van der Waals surface area contributed by atoms with E-state index in [4.69, 9.17) is 32.7 Å². The summed E-state index contributed by atoms with van der Waals surface area (Å²) >= 11 is 12.9. The summed E-state index contributed by atoms with van der Waals surface area (Å²) in [6, 6.07) is 23.1. The lowest BCUT2D eigenvalue weighted by Gasteiger charge is -2.35. The highest BCUT2D eigenvalue weighted by atomic mass is 35.5. The largest absolute Gasteiger partial charge is 0.493 e. The summed E-state index contributed by atoms with van der Waals surface area (Å²) in [5.41, 5.74) is 3.33. The summed E-state index contributed by atoms with van der Waals surface area (Å²) < 4.78 is 41.1. The zero-order valence-electron chi connectivity index (χ0n) is 29.9. The first kappa shape index (κ1) is 39.0. The van der Waals surface area contributed by atoms with Crippen molar-refractivity contribution in [3.63, 3.8) is 0 Å². The molecular weight excluding hydrogens is 721 g/mol. The minimum absolute atomic E-state index is 0.0206. The minimum Gasteiger partial charge on any atom is -0.493 e. The van der Waals surface area contributed by atoms with E-state index in [-0.39, 0.29) is 35.6 Å². The zero-order valence-corrected chi connectivity index (χ0v) is 32.2. The lowest BCUT2D eigenvalue weighted by Crippen LogP contribution is -2.55. The smallest absolute Gasteiger partial charge is 0.264 e. The van der Waals surface area contributed by atoms with Gasteiger partial charge in [-0.25, -0.2) is 8.42 Å². The van der Waals surface area contributed by atoms with Crippen LogP contribution in [-0.4, -0.2) is 58.0 Å². The molecule has 276 valence electrons. The second-order valence-electron chi connectivity index (χ2n) is 13.2. The molecule has 0 aromatic heterocycles. The number of nitrogens with one attached hydrogen (secondary N) is 1. The number of rotatable bonds is 14. The van der Waals surface area contributed by atoms with E-state index >= 15 is 0 Å². The number of carbonyl (C=O) groups is 2. The van der Waals surface area contributed by atoms with Crippen LogP contribution in [0.4, 0.5) is 5.69 Å². The fourth-order valence-electron chi connectivity index (χ4n) is 6.66. The van der Waals surface area contributed by atoms with Crippen LogP contribution in [0.3, 0.4) is 0 Å². The fourth-order valence-corrected chi connectivity index (χ4v) is 8.54. The standard InChI is InChI=1S/C40H45Cl2N3O6S/c1-27-19-28(2)21-33(20-27)45(52(48,49)34-17-18-37(50-3)38(24-34)51-4)26-39(46)44(25-30-15-16-31(41)23-35(30)42)36(22-29-11-7-5-8-12-29)40(47)43-32-13-9-6-10-14-32/h5,7-8,11-12,15-21,23-24,32,36H,6,9-10,13-14,22,25-26H2,1-4H3,(H,43,47)/t36-/m1/s1. The molecule has 9 nitrogen and oxygen atoms in total. The molecule has 1 fully saturated rings. The van der Waals surface area contributed by atoms with Crippen molar-refractivity contribution in [3.8, 4) is 11.5 Å². The molecule has 0 saturated heterocycles. The van der Waals surface area contributed by atoms with Crippen LogP contribution in [0, 0.1) is 13.8 Å². The number of hydrogen-bond acceptors (Lipinski definition) is 6. The van der Waals surface area contributed by atoms with Crippen LogP contribution in [0.5, 0.6) is 11.5 Å². The molecule has 52 heavy (non-hydrogen) atoms. The normalized spacial score (nSPS) is 14.0. The molecular formula is C40H45Cl2N3O6S. The average Bonchev–Trinajstić information content (AvgIpc) is 3.12. The Morgan fingerprint density at radius 1 is 0.846 bits per heavy atom. The molecule has 5 rings (SSSR count). The molecule has 1 aliphatic rings. The highest BCUT2D eigenvalue weighted by Gasteiger charge is 2.36. The monoisotopic (exact) mass is 765 g/mol. The Bertz CT molecular complexity index is 1970. The number of halogens is 2. The Balaban J connectivity index is 1.62. The number of methoxy groups -OCH3 is 2. The van der Waals surface area contributed by atoms with Gasteiger partial charge in [-0.3, -0.25) is 13.9 Å². The summed E-state index contributed by atoms with van der Waals surface area (Å²) in [5.74, 6) is -0.324. The Morgan fingerprint density at radius 3 is 2.15 bits per heavy atom. The topological polar surface area (TPSA) is 105 Å². The van der Waals surface area contributed by atoms with Gasteiger partial charge in [-0.1, -0.05) is 84.9 Å². The minimum atomic E-state index is -4.38. The summed E-state index contributed by atoms with van der Waals surface area (Å²) in [6.45, 7) is 3.05. The molecule has 0 unspecified atom stereocenters. The number of sulfonamides is 1. The van der Waals surface area contributed by atoms with Gasteiger partial charge in [0.25, 0.3) is 10.0 Å². The third kappa shape index (κ3) is 9.59. The summed E-state index contributed by atoms with van der Waals surface area (Å²) in [6.07, 6.45) is 5.03. The third-order valence-corrected chi connectivity index (χ3v) is 11.7. The number of amides is 2. The first-order valence-electron chi connectivity index (χ1n) is 17.3. The van der Waals surface area contributed by atoms with Crippen molar-refractivity contribution in [3.05, 3.63) is 117 Å². The van der Waals surface area contributed by atoms with E-state index in [0.29, 0.717) is 27.0 Å². The lowest BCUT2D eigenvalue weighted by molar-refractivity contribution is -0.140. The van der Waals surface area contributed by atoms with Gasteiger partial charge >= 0.3 is 0 Å². The average molecular weight is 767 g/mol. The van der Waals surface area contributed by atoms with Crippen molar-refractivity contribution in [2.24, 2.45) is 0 Å². The van der Waals surface area contributed by atoms with E-state index < -0.39 is 28.5 Å². The predicted octanol–water partition coefficient (Wildman–Crippen LogP) is 7.91. The number of anilines is 1. The number of carbonyl (C=O) groups excluding carboxylic acids is 2. The van der Waals surface area contributed by atoms with Crippen LogP contribution in [-0.2, 0) is 32.6 Å². The third-order valence-electron chi connectivity index (χ3n) is 9.29. The number of benzene rings is 4. The highest BCUT2D eigenvalue weighted by Crippen LogP contribution is 2.33. The van der Waals surface area contributed by atoms with Crippen LogP contribution in [0.25, 0.3) is 0 Å². The maximum atomic E-state index is 14.9. The molecule has 12 heteroatoms. The van der Waals surface area contributed by atoms with E-state index in [0.717, 1.165) is 53.1 Å². The van der Waals surface area contributed by atoms with E-state index in [1.165, 1.54) is 37.3 Å². The molecule has 2 amide bonds. The molecule has 1 aliphatic carbocycles. The maximum absolute atomic E-state index is 14.9. The van der Waals surface area contributed by atoms with Crippen molar-refractivity contribution in [1.29, 1.82) is 0 Å². The molecule has 0 spiro atoms. The van der Waals surface area contributed by atoms with E-state index in [1.807, 2.05) is 50.2 Å². The molecule has 0 aliphatic heterocycles. The fraction of sp³-hybridized carbons (Fsp3) is 0.350. The highest BCUT2D eigenvalue weighted by molar-refractivity contribution is 7.92. The van der Waals surface area contributed by atoms with Crippen LogP contribution in [0.2, 0.25) is 10.0 Å². The SMILES string of the molecule is COc1ccc(S(=O)(=O)N(CC(=O)N(Cc2ccc(Cl)cc2Cl)[C@H](Cc2ccccc2)C(=O)NC2CCCCC2)c2cc(C)cc(C)c2)cc1OC. The molecule has 1 atom stereocenters. The van der Waals surface area contributed by atoms with E-state index in [1.54, 1.807) is 30.3 Å². The Kier molecular flexibility index (Phi) is 13.1. The second-order valence-corrected chi connectivity index (χ2v) is 15.9. The van der Waals surface area contributed by atoms with Gasteiger partial charge in [0.1, 0.15) is 12.6 Å². The van der Waals surface area contributed by atoms with Gasteiger partial charge < -0.3 is 19.7 Å². The van der Waals surface area contributed by atoms with Gasteiger partial charge in [0.05, 0.1) is 24.8 Å². The maximum Gasteiger partial charge on any atom is 0.264 e. The molecule has 4 aromatic carbocycles. The predicted molar refractivity (Wildman–Crippen MR) is 206 cm³/mol. The van der Waals surface area contributed by atoms with Gasteiger partial charge in [-0.2, -0.15) is 0 Å². The van der Waals surface area contributed by atoms with E-state index in [9.17, 15) is 18.0 Å². The Labute approximate surface area is 316 Å². The summed E-state index contributed by atoms with van der Waals surface area (Å²) in [7, 11) is -1.50. The molecule has 1 N–H and O–H groups in total. The van der Waals surface area contributed by atoms with Crippen LogP contribution in [0.1, 0.15) is 54.4 Å². The zero-order chi connectivity index (χ0) is 37.4. The van der Waals surface area contributed by atoms with Crippen LogP contribution < -0.4 is 19.1 Å². The quantitative estimate of drug-likeness (QED) is 0.140. The van der Waals surface area contributed by atoms with Crippen molar-refractivity contribution in [2.45, 2.75) is 75.9 Å². The van der Waals surface area contributed by atoms with Gasteiger partial charge in [0, 0.05) is 35.1 Å². The first-order chi connectivity index (χ1) is 24.9. The molecule has 0 bridgehead atoms. The summed E-state index contributed by atoms with van der Waals surface area (Å²) in [5, 5.41) is 3.96. The Morgan fingerprint density at radius 2 is 1.52 bits per heavy atom. The van der Waals surface area contributed by atoms with Crippen molar-refractivity contribution < 1.29 is 27.5 Å². The first-order valence-corrected chi connectivity index (χ1v) is 19.5. The van der Waals surface area contributed by atoms with Gasteiger partial charge in [-0.05, 0) is 85.3 Å². The molecule has 0 radical (unpaired) electrons. The van der Waals surface area contributed by atoms with Crippen LogP contribution in [0.15, 0.2) is 89.8 Å². The molecule has 1 saturated carbocycles. The van der Waals surface area contributed by atoms with Crippen molar-refractivity contribution >= 4 is 50.7 Å². The Hall–Kier alpha value is -4.25. The van der Waals surface area contributed by atoms with Gasteiger partial charge in [-0.15, -0.1) is 0 Å². The van der Waals surface area contributed by atoms with Gasteiger partial charge in [0.15, 0.2) is 11.5 Å². The van der Waals surface area contributed by atoms with Crippen LogP contribution >= 0.6 is 23.2 Å². The lowest BCUT2D eigenvalue weighted by atomic mass is 9.94. The number of aryl methyl sites for hydroxylation is 2. The number of ether oxygens (including phenoxy) is 2. The second kappa shape index (κ2) is 17.5. The number of nitrogens with zero attached hydrogens (tertiary/aromatic N) is 2.